The van der Waals surface area contributed by atoms with Gasteiger partial charge in [-0.2, -0.15) is 0 Å². The Morgan fingerprint density at radius 2 is 2.11 bits per heavy atom. The summed E-state index contributed by atoms with van der Waals surface area (Å²) in [6.07, 6.45) is 0. The number of hydrogen-bond acceptors (Lipinski definition) is 3. The number of benzene rings is 1. The van der Waals surface area contributed by atoms with E-state index in [4.69, 9.17) is 4.74 Å². The normalized spacial score (nSPS) is 11.2. The highest BCUT2D eigenvalue weighted by atomic mass is 127. The highest BCUT2D eigenvalue weighted by Crippen LogP contribution is 2.17. The van der Waals surface area contributed by atoms with Crippen LogP contribution >= 0.6 is 22.6 Å². The summed E-state index contributed by atoms with van der Waals surface area (Å²) in [5.74, 6) is 0. The van der Waals surface area contributed by atoms with Gasteiger partial charge in [0.15, 0.2) is 0 Å². The Labute approximate surface area is 124 Å². The van der Waals surface area contributed by atoms with Gasteiger partial charge in [0.2, 0.25) is 0 Å². The first kappa shape index (κ1) is 15.9. The summed E-state index contributed by atoms with van der Waals surface area (Å²) in [4.78, 5) is 2.34. The summed E-state index contributed by atoms with van der Waals surface area (Å²) < 4.78 is 6.38. The molecule has 102 valence electrons. The van der Waals surface area contributed by atoms with Gasteiger partial charge in [0.05, 0.1) is 6.61 Å². The van der Waals surface area contributed by atoms with Crippen molar-refractivity contribution in [3.63, 3.8) is 0 Å². The van der Waals surface area contributed by atoms with E-state index in [1.165, 1.54) is 14.7 Å². The molecule has 0 aromatic heterocycles. The van der Waals surface area contributed by atoms with E-state index >= 15 is 0 Å². The maximum Gasteiger partial charge on any atom is 0.0587 e. The molecule has 18 heavy (non-hydrogen) atoms. The second-order valence-corrected chi connectivity index (χ2v) is 5.61. The molecular formula is C14H23IN2O. The molecule has 1 aromatic rings. The van der Waals surface area contributed by atoms with E-state index in [0.717, 1.165) is 32.8 Å². The zero-order valence-corrected chi connectivity index (χ0v) is 13.7. The first-order chi connectivity index (χ1) is 8.65. The standard InChI is InChI=1S/C14H23IN2O/c1-12-5-4-6-13(14(12)15)11-17(2)9-7-16-8-10-18-3/h4-6,16H,7-11H2,1-3H3. The predicted octanol–water partition coefficient (Wildman–Crippen LogP) is 2.27. The first-order valence-corrected chi connectivity index (χ1v) is 7.35. The van der Waals surface area contributed by atoms with Gasteiger partial charge >= 0.3 is 0 Å². The smallest absolute Gasteiger partial charge is 0.0587 e. The highest BCUT2D eigenvalue weighted by molar-refractivity contribution is 14.1. The molecule has 0 aliphatic heterocycles. The zero-order valence-electron chi connectivity index (χ0n) is 11.5. The van der Waals surface area contributed by atoms with E-state index in [2.05, 4.69) is 65.0 Å². The Hall–Kier alpha value is -0.170. The number of nitrogens with zero attached hydrogens (tertiary/aromatic N) is 1. The van der Waals surface area contributed by atoms with Crippen LogP contribution in [0.25, 0.3) is 0 Å². The van der Waals surface area contributed by atoms with Crippen molar-refractivity contribution in [3.8, 4) is 0 Å². The monoisotopic (exact) mass is 362 g/mol. The van der Waals surface area contributed by atoms with E-state index in [1.807, 2.05) is 0 Å². The lowest BCUT2D eigenvalue weighted by molar-refractivity contribution is 0.197. The van der Waals surface area contributed by atoms with Crippen molar-refractivity contribution in [2.45, 2.75) is 13.5 Å². The lowest BCUT2D eigenvalue weighted by Gasteiger charge is -2.18. The maximum absolute atomic E-state index is 5.00. The molecule has 0 saturated heterocycles. The van der Waals surface area contributed by atoms with Gasteiger partial charge in [-0.1, -0.05) is 18.2 Å². The Bertz CT molecular complexity index is 358. The van der Waals surface area contributed by atoms with Gasteiger partial charge in [-0.3, -0.25) is 0 Å². The second kappa shape index (κ2) is 8.85. The van der Waals surface area contributed by atoms with E-state index in [-0.39, 0.29) is 0 Å². The topological polar surface area (TPSA) is 24.5 Å². The van der Waals surface area contributed by atoms with Gasteiger partial charge in [0, 0.05) is 36.9 Å². The zero-order chi connectivity index (χ0) is 13.4. The number of rotatable bonds is 8. The third-order valence-corrected chi connectivity index (χ3v) is 4.41. The average molecular weight is 362 g/mol. The molecule has 0 atom stereocenters. The molecule has 1 aromatic carbocycles. The van der Waals surface area contributed by atoms with Gasteiger partial charge in [-0.25, -0.2) is 0 Å². The molecular weight excluding hydrogens is 339 g/mol. The van der Waals surface area contributed by atoms with Crippen LogP contribution in [0.3, 0.4) is 0 Å². The van der Waals surface area contributed by atoms with Gasteiger partial charge in [0.25, 0.3) is 0 Å². The fourth-order valence-electron chi connectivity index (χ4n) is 1.77. The Kier molecular flexibility index (Phi) is 7.81. The molecule has 3 nitrogen and oxygen atoms in total. The Morgan fingerprint density at radius 1 is 1.33 bits per heavy atom. The molecule has 0 radical (unpaired) electrons. The Balaban J connectivity index is 2.31. The molecule has 0 spiro atoms. The molecule has 0 aliphatic carbocycles. The minimum atomic E-state index is 0.777. The summed E-state index contributed by atoms with van der Waals surface area (Å²) in [7, 11) is 3.89. The number of halogens is 1. The second-order valence-electron chi connectivity index (χ2n) is 4.53. The third-order valence-electron chi connectivity index (χ3n) is 2.87. The first-order valence-electron chi connectivity index (χ1n) is 6.27. The average Bonchev–Trinajstić information content (AvgIpc) is 2.35. The van der Waals surface area contributed by atoms with Gasteiger partial charge < -0.3 is 15.0 Å². The van der Waals surface area contributed by atoms with Crippen molar-refractivity contribution in [1.82, 2.24) is 10.2 Å². The van der Waals surface area contributed by atoms with Crippen molar-refractivity contribution in [3.05, 3.63) is 32.9 Å². The summed E-state index contributed by atoms with van der Waals surface area (Å²) in [5, 5.41) is 3.36. The minimum Gasteiger partial charge on any atom is -0.383 e. The largest absolute Gasteiger partial charge is 0.383 e. The van der Waals surface area contributed by atoms with Crippen LogP contribution in [0.2, 0.25) is 0 Å². The quantitative estimate of drug-likeness (QED) is 0.567. The number of nitrogens with one attached hydrogen (secondary N) is 1. The lowest BCUT2D eigenvalue weighted by atomic mass is 10.1. The van der Waals surface area contributed by atoms with Crippen LogP contribution in [-0.4, -0.2) is 45.3 Å². The highest BCUT2D eigenvalue weighted by Gasteiger charge is 2.05. The van der Waals surface area contributed by atoms with Crippen molar-refractivity contribution in [2.24, 2.45) is 0 Å². The molecule has 0 unspecified atom stereocenters. The van der Waals surface area contributed by atoms with Gasteiger partial charge in [-0.05, 0) is 47.7 Å². The summed E-state index contributed by atoms with van der Waals surface area (Å²) in [5.41, 5.74) is 2.77. The van der Waals surface area contributed by atoms with Crippen LogP contribution < -0.4 is 5.32 Å². The number of hydrogen-bond donors (Lipinski definition) is 1. The van der Waals surface area contributed by atoms with E-state index in [0.29, 0.717) is 0 Å². The van der Waals surface area contributed by atoms with Crippen molar-refractivity contribution in [2.75, 3.05) is 40.4 Å². The Morgan fingerprint density at radius 3 is 2.83 bits per heavy atom. The van der Waals surface area contributed by atoms with Crippen LogP contribution in [0.1, 0.15) is 11.1 Å². The van der Waals surface area contributed by atoms with Crippen LogP contribution in [0, 0.1) is 10.5 Å². The minimum absolute atomic E-state index is 0.777. The van der Waals surface area contributed by atoms with Crippen molar-refractivity contribution < 1.29 is 4.74 Å². The fourth-order valence-corrected chi connectivity index (χ4v) is 2.30. The van der Waals surface area contributed by atoms with Crippen LogP contribution in [0.4, 0.5) is 0 Å². The van der Waals surface area contributed by atoms with Crippen molar-refractivity contribution in [1.29, 1.82) is 0 Å². The molecule has 0 aliphatic rings. The maximum atomic E-state index is 5.00. The number of ether oxygens (including phenoxy) is 1. The molecule has 0 bridgehead atoms. The van der Waals surface area contributed by atoms with Gasteiger partial charge in [0.1, 0.15) is 0 Å². The summed E-state index contributed by atoms with van der Waals surface area (Å²) in [6.45, 7) is 6.92. The molecule has 1 rings (SSSR count). The summed E-state index contributed by atoms with van der Waals surface area (Å²) >= 11 is 2.44. The summed E-state index contributed by atoms with van der Waals surface area (Å²) in [6, 6.07) is 6.51. The molecule has 1 N–H and O–H groups in total. The number of aryl methyl sites for hydroxylation is 1. The van der Waals surface area contributed by atoms with Crippen LogP contribution in [0.15, 0.2) is 18.2 Å². The lowest BCUT2D eigenvalue weighted by Crippen LogP contribution is -2.30. The van der Waals surface area contributed by atoms with Crippen molar-refractivity contribution >= 4 is 22.6 Å². The van der Waals surface area contributed by atoms with Crippen LogP contribution in [-0.2, 0) is 11.3 Å². The molecule has 4 heteroatoms. The molecule has 0 heterocycles. The number of methoxy groups -OCH3 is 1. The van der Waals surface area contributed by atoms with E-state index in [9.17, 15) is 0 Å². The van der Waals surface area contributed by atoms with E-state index in [1.54, 1.807) is 7.11 Å². The van der Waals surface area contributed by atoms with Crippen LogP contribution in [0.5, 0.6) is 0 Å². The molecule has 0 fully saturated rings. The number of likely N-dealkylation sites (N-methyl/N-ethyl adjacent to an activating group) is 1. The van der Waals surface area contributed by atoms with Gasteiger partial charge in [-0.15, -0.1) is 0 Å². The SMILES string of the molecule is COCCNCCN(C)Cc1cccc(C)c1I. The molecule has 0 saturated carbocycles. The molecule has 0 amide bonds. The fraction of sp³-hybridized carbons (Fsp3) is 0.571. The predicted molar refractivity (Wildman–Crippen MR) is 85.0 cm³/mol. The van der Waals surface area contributed by atoms with E-state index < -0.39 is 0 Å². The third kappa shape index (κ3) is 5.65.